The summed E-state index contributed by atoms with van der Waals surface area (Å²) in [5, 5.41) is 7.43. The lowest BCUT2D eigenvalue weighted by molar-refractivity contribution is 0.961. The van der Waals surface area contributed by atoms with E-state index in [0.29, 0.717) is 0 Å². The van der Waals surface area contributed by atoms with Crippen molar-refractivity contribution in [2.45, 2.75) is 25.9 Å². The van der Waals surface area contributed by atoms with E-state index in [2.05, 4.69) is 109 Å². The third-order valence-corrected chi connectivity index (χ3v) is 5.53. The molecule has 0 spiro atoms. The van der Waals surface area contributed by atoms with E-state index < -0.39 is 0 Å². The van der Waals surface area contributed by atoms with Crippen LogP contribution in [0.15, 0.2) is 84.9 Å². The van der Waals surface area contributed by atoms with Crippen molar-refractivity contribution in [1.29, 1.82) is 0 Å². The Labute approximate surface area is 166 Å². The van der Waals surface area contributed by atoms with Gasteiger partial charge in [0, 0.05) is 23.2 Å². The summed E-state index contributed by atoms with van der Waals surface area (Å²) in [5.74, 6) is 0. The average Bonchev–Trinajstić information content (AvgIpc) is 2.74. The van der Waals surface area contributed by atoms with Gasteiger partial charge in [-0.25, -0.2) is 0 Å². The summed E-state index contributed by atoms with van der Waals surface area (Å²) in [6, 6.07) is 26.4. The molecule has 3 aromatic carbocycles. The van der Waals surface area contributed by atoms with Gasteiger partial charge in [-0.2, -0.15) is 0 Å². The molecule has 0 fully saturated rings. The Bertz CT molecular complexity index is 990. The molecule has 3 aromatic rings. The minimum atomic E-state index is 0.275. The van der Waals surface area contributed by atoms with Crippen LogP contribution in [0.1, 0.15) is 36.1 Å². The maximum absolute atomic E-state index is 3.71. The molecule has 0 radical (unpaired) electrons. The predicted octanol–water partition coefficient (Wildman–Crippen LogP) is 6.18. The molecule has 2 N–H and O–H groups in total. The van der Waals surface area contributed by atoms with E-state index >= 15 is 0 Å². The minimum absolute atomic E-state index is 0.275. The minimum Gasteiger partial charge on any atom is -0.377 e. The maximum Gasteiger partial charge on any atom is 0.0666 e. The molecule has 28 heavy (non-hydrogen) atoms. The van der Waals surface area contributed by atoms with Gasteiger partial charge in [0.2, 0.25) is 0 Å². The van der Waals surface area contributed by atoms with E-state index in [4.69, 9.17) is 0 Å². The summed E-state index contributed by atoms with van der Waals surface area (Å²) in [6.45, 7) is 4.43. The molecule has 0 saturated heterocycles. The van der Waals surface area contributed by atoms with Gasteiger partial charge in [0.25, 0.3) is 0 Å². The highest BCUT2D eigenvalue weighted by atomic mass is 15.0. The number of rotatable bonds is 2. The van der Waals surface area contributed by atoms with Crippen LogP contribution in [0.5, 0.6) is 0 Å². The zero-order valence-corrected chi connectivity index (χ0v) is 16.2. The first-order valence-electron chi connectivity index (χ1n) is 9.96. The lowest BCUT2D eigenvalue weighted by Gasteiger charge is -2.32. The molecule has 0 amide bonds. The summed E-state index contributed by atoms with van der Waals surface area (Å²) in [5.41, 5.74) is 10.1. The topological polar surface area (TPSA) is 24.1 Å². The predicted molar refractivity (Wildman–Crippen MR) is 120 cm³/mol. The maximum atomic E-state index is 3.71. The molecule has 2 aliphatic rings. The van der Waals surface area contributed by atoms with Gasteiger partial charge in [-0.05, 0) is 36.1 Å². The van der Waals surface area contributed by atoms with Gasteiger partial charge in [-0.3, -0.25) is 0 Å². The molecule has 0 aliphatic carbocycles. The van der Waals surface area contributed by atoms with Crippen LogP contribution in [-0.4, -0.2) is 12.1 Å². The van der Waals surface area contributed by atoms with Crippen LogP contribution in [0.4, 0.5) is 11.4 Å². The van der Waals surface area contributed by atoms with Crippen molar-refractivity contribution in [3.8, 4) is 0 Å². The number of nitrogens with one attached hydrogen (secondary N) is 2. The summed E-state index contributed by atoms with van der Waals surface area (Å²) in [4.78, 5) is 0. The molecule has 2 heterocycles. The number of benzene rings is 3. The van der Waals surface area contributed by atoms with Crippen LogP contribution in [-0.2, 0) is 0 Å². The highest BCUT2D eigenvalue weighted by molar-refractivity contribution is 6.00. The van der Waals surface area contributed by atoms with Gasteiger partial charge in [-0.1, -0.05) is 84.9 Å². The van der Waals surface area contributed by atoms with Gasteiger partial charge in [-0.15, -0.1) is 0 Å². The highest BCUT2D eigenvalue weighted by Gasteiger charge is 2.26. The molecule has 138 valence electrons. The SMILES string of the molecule is CC1C=C(c2ccccc2)c2ccc3c(c2N1)NC(C)C=C3c1ccccc1. The summed E-state index contributed by atoms with van der Waals surface area (Å²) >= 11 is 0. The Kier molecular flexibility index (Phi) is 4.05. The van der Waals surface area contributed by atoms with Crippen molar-refractivity contribution >= 4 is 22.5 Å². The van der Waals surface area contributed by atoms with Crippen molar-refractivity contribution in [1.82, 2.24) is 0 Å². The normalized spacial score (nSPS) is 20.1. The molecule has 2 unspecified atom stereocenters. The van der Waals surface area contributed by atoms with E-state index in [-0.39, 0.29) is 12.1 Å². The van der Waals surface area contributed by atoms with Gasteiger partial charge < -0.3 is 10.6 Å². The zero-order chi connectivity index (χ0) is 19.1. The second kappa shape index (κ2) is 6.72. The van der Waals surface area contributed by atoms with Crippen LogP contribution < -0.4 is 10.6 Å². The first-order valence-corrected chi connectivity index (χ1v) is 9.96. The molecule has 2 atom stereocenters. The van der Waals surface area contributed by atoms with Gasteiger partial charge in [0.05, 0.1) is 11.4 Å². The van der Waals surface area contributed by atoms with E-state index in [9.17, 15) is 0 Å². The fourth-order valence-corrected chi connectivity index (χ4v) is 4.31. The first-order chi connectivity index (χ1) is 13.7. The Balaban J connectivity index is 1.69. The van der Waals surface area contributed by atoms with Gasteiger partial charge in [0.15, 0.2) is 0 Å². The monoisotopic (exact) mass is 364 g/mol. The second-order valence-corrected chi connectivity index (χ2v) is 7.67. The van der Waals surface area contributed by atoms with E-state index in [1.54, 1.807) is 0 Å². The Morgan fingerprint density at radius 2 is 0.929 bits per heavy atom. The number of anilines is 2. The molecule has 0 saturated carbocycles. The molecule has 0 aromatic heterocycles. The number of hydrogen-bond acceptors (Lipinski definition) is 2. The quantitative estimate of drug-likeness (QED) is 0.567. The second-order valence-electron chi connectivity index (χ2n) is 7.67. The third kappa shape index (κ3) is 2.82. The Morgan fingerprint density at radius 3 is 1.32 bits per heavy atom. The lowest BCUT2D eigenvalue weighted by Crippen LogP contribution is -2.24. The van der Waals surface area contributed by atoms with Crippen molar-refractivity contribution in [3.05, 3.63) is 107 Å². The van der Waals surface area contributed by atoms with Crippen molar-refractivity contribution in [2.75, 3.05) is 10.6 Å². The Hall–Kier alpha value is -3.26. The van der Waals surface area contributed by atoms with Crippen LogP contribution in [0.25, 0.3) is 11.1 Å². The van der Waals surface area contributed by atoms with Gasteiger partial charge >= 0.3 is 0 Å². The van der Waals surface area contributed by atoms with Crippen molar-refractivity contribution in [3.63, 3.8) is 0 Å². The average molecular weight is 364 g/mol. The Morgan fingerprint density at radius 1 is 0.536 bits per heavy atom. The van der Waals surface area contributed by atoms with Crippen molar-refractivity contribution in [2.24, 2.45) is 0 Å². The summed E-state index contributed by atoms with van der Waals surface area (Å²) in [6.07, 6.45) is 4.65. The van der Waals surface area contributed by atoms with E-state index in [1.807, 2.05) is 0 Å². The number of fused-ring (bicyclic) bond motifs is 3. The fourth-order valence-electron chi connectivity index (χ4n) is 4.31. The zero-order valence-electron chi connectivity index (χ0n) is 16.2. The van der Waals surface area contributed by atoms with Crippen LogP contribution in [0.3, 0.4) is 0 Å². The molecule has 2 heteroatoms. The standard InChI is InChI=1S/C26H24N2/c1-17-15-23(19-9-5-3-6-10-19)21-13-14-22-24(20-11-7-4-8-12-20)16-18(2)28-26(22)25(21)27-17/h3-18,27-28H,1-2H3. The number of hydrogen-bond donors (Lipinski definition) is 2. The molecule has 0 bridgehead atoms. The smallest absolute Gasteiger partial charge is 0.0666 e. The molecule has 2 nitrogen and oxygen atoms in total. The first kappa shape index (κ1) is 16.9. The summed E-state index contributed by atoms with van der Waals surface area (Å²) in [7, 11) is 0. The lowest BCUT2D eigenvalue weighted by atomic mass is 9.85. The van der Waals surface area contributed by atoms with E-state index in [0.717, 1.165) is 0 Å². The largest absolute Gasteiger partial charge is 0.377 e. The molecule has 5 rings (SSSR count). The fraction of sp³-hybridized carbons (Fsp3) is 0.154. The van der Waals surface area contributed by atoms with Gasteiger partial charge in [0.1, 0.15) is 0 Å². The van der Waals surface area contributed by atoms with E-state index in [1.165, 1.54) is 44.8 Å². The summed E-state index contributed by atoms with van der Waals surface area (Å²) < 4.78 is 0. The van der Waals surface area contributed by atoms with Crippen LogP contribution >= 0.6 is 0 Å². The third-order valence-electron chi connectivity index (χ3n) is 5.53. The van der Waals surface area contributed by atoms with Crippen LogP contribution in [0.2, 0.25) is 0 Å². The van der Waals surface area contributed by atoms with Crippen LogP contribution in [0, 0.1) is 0 Å². The molecular weight excluding hydrogens is 340 g/mol. The molecular formula is C26H24N2. The molecule has 2 aliphatic heterocycles. The van der Waals surface area contributed by atoms with Crippen molar-refractivity contribution < 1.29 is 0 Å². The highest BCUT2D eigenvalue weighted by Crippen LogP contribution is 2.45.